The highest BCUT2D eigenvalue weighted by molar-refractivity contribution is 7.80. The Hall–Kier alpha value is -0.960. The molecule has 2 nitrogen and oxygen atoms in total. The molecule has 0 atom stereocenters. The highest BCUT2D eigenvalue weighted by Gasteiger charge is 2.01. The second kappa shape index (κ2) is 2.27. The lowest BCUT2D eigenvalue weighted by molar-refractivity contribution is 0.958. The fourth-order valence-corrected chi connectivity index (χ4v) is 1.54. The average molecular weight is 164 g/mol. The highest BCUT2D eigenvalue weighted by Crippen LogP contribution is 2.19. The number of nitrogens with zero attached hydrogens (tertiary/aromatic N) is 2. The van der Waals surface area contributed by atoms with Gasteiger partial charge in [-0.3, -0.25) is 4.98 Å². The molecule has 0 saturated heterocycles. The predicted molar refractivity (Wildman–Crippen MR) is 48.0 cm³/mol. The number of hydrogen-bond acceptors (Lipinski definition) is 2. The molecule has 0 spiro atoms. The van der Waals surface area contributed by atoms with Gasteiger partial charge in [0, 0.05) is 24.3 Å². The van der Waals surface area contributed by atoms with E-state index in [2.05, 4.69) is 17.6 Å². The molecule has 0 fully saturated rings. The van der Waals surface area contributed by atoms with Crippen LogP contribution in [0.15, 0.2) is 29.4 Å². The summed E-state index contributed by atoms with van der Waals surface area (Å²) in [6.45, 7) is 0. The lowest BCUT2D eigenvalue weighted by atomic mass is 10.4. The van der Waals surface area contributed by atoms with Gasteiger partial charge in [-0.25, -0.2) is 0 Å². The number of pyridine rings is 1. The second-order valence-electron chi connectivity index (χ2n) is 2.50. The van der Waals surface area contributed by atoms with Crippen LogP contribution in [0.2, 0.25) is 0 Å². The molecule has 2 rings (SSSR count). The fourth-order valence-electron chi connectivity index (χ4n) is 1.19. The Morgan fingerprint density at radius 1 is 1.55 bits per heavy atom. The van der Waals surface area contributed by atoms with E-state index in [1.807, 2.05) is 29.9 Å². The lowest BCUT2D eigenvalue weighted by Gasteiger charge is -1.91. The van der Waals surface area contributed by atoms with Crippen LogP contribution in [-0.4, -0.2) is 9.55 Å². The van der Waals surface area contributed by atoms with Crippen molar-refractivity contribution in [3.63, 3.8) is 0 Å². The first-order valence-corrected chi connectivity index (χ1v) is 3.83. The van der Waals surface area contributed by atoms with E-state index < -0.39 is 0 Å². The van der Waals surface area contributed by atoms with Crippen LogP contribution in [0, 0.1) is 0 Å². The minimum atomic E-state index is 0.933. The number of fused-ring (bicyclic) bond motifs is 1. The van der Waals surface area contributed by atoms with Crippen LogP contribution in [0.4, 0.5) is 0 Å². The van der Waals surface area contributed by atoms with E-state index in [4.69, 9.17) is 0 Å². The van der Waals surface area contributed by atoms with Crippen molar-refractivity contribution in [1.29, 1.82) is 0 Å². The van der Waals surface area contributed by atoms with Gasteiger partial charge >= 0.3 is 0 Å². The summed E-state index contributed by atoms with van der Waals surface area (Å²) in [4.78, 5) is 5.14. The van der Waals surface area contributed by atoms with Gasteiger partial charge in [0.15, 0.2) is 0 Å². The monoisotopic (exact) mass is 164 g/mol. The zero-order valence-electron chi connectivity index (χ0n) is 6.15. The van der Waals surface area contributed by atoms with Crippen molar-refractivity contribution in [2.75, 3.05) is 0 Å². The third-order valence-corrected chi connectivity index (χ3v) is 2.05. The summed E-state index contributed by atoms with van der Waals surface area (Å²) in [7, 11) is 1.99. The number of thiol groups is 1. The van der Waals surface area contributed by atoms with Crippen LogP contribution in [0.3, 0.4) is 0 Å². The maximum absolute atomic E-state index is 4.29. The van der Waals surface area contributed by atoms with Gasteiger partial charge in [-0.1, -0.05) is 0 Å². The van der Waals surface area contributed by atoms with Gasteiger partial charge in [0.1, 0.15) is 5.52 Å². The largest absolute Gasteiger partial charge is 0.348 e. The second-order valence-corrected chi connectivity index (χ2v) is 2.98. The van der Waals surface area contributed by atoms with Crippen molar-refractivity contribution in [2.45, 2.75) is 4.90 Å². The Balaban J connectivity index is 2.95. The predicted octanol–water partition coefficient (Wildman–Crippen LogP) is 1.86. The lowest BCUT2D eigenvalue weighted by Crippen LogP contribution is -1.82. The molecule has 0 saturated carbocycles. The number of aryl methyl sites for hydroxylation is 1. The summed E-state index contributed by atoms with van der Waals surface area (Å²) in [5.74, 6) is 0. The van der Waals surface area contributed by atoms with Crippen LogP contribution >= 0.6 is 12.6 Å². The molecule has 0 aromatic carbocycles. The number of aromatic nitrogens is 2. The first kappa shape index (κ1) is 6.73. The molecule has 3 heteroatoms. The van der Waals surface area contributed by atoms with Crippen molar-refractivity contribution in [3.8, 4) is 0 Å². The molecule has 0 bridgehead atoms. The van der Waals surface area contributed by atoms with E-state index in [0.29, 0.717) is 0 Å². The first-order valence-electron chi connectivity index (χ1n) is 3.38. The molecule has 0 aliphatic heterocycles. The molecule has 0 N–H and O–H groups in total. The molecule has 2 heterocycles. The van der Waals surface area contributed by atoms with Crippen molar-refractivity contribution in [3.05, 3.63) is 24.5 Å². The normalized spacial score (nSPS) is 10.7. The maximum Gasteiger partial charge on any atom is 0.101 e. The van der Waals surface area contributed by atoms with E-state index in [0.717, 1.165) is 15.9 Å². The molecular weight excluding hydrogens is 156 g/mol. The van der Waals surface area contributed by atoms with Gasteiger partial charge in [0.25, 0.3) is 0 Å². The quantitative estimate of drug-likeness (QED) is 0.588. The minimum absolute atomic E-state index is 0.933. The van der Waals surface area contributed by atoms with E-state index >= 15 is 0 Å². The molecule has 0 radical (unpaired) electrons. The van der Waals surface area contributed by atoms with Crippen molar-refractivity contribution >= 4 is 23.7 Å². The maximum atomic E-state index is 4.29. The molecule has 0 aliphatic carbocycles. The smallest absolute Gasteiger partial charge is 0.101 e. The van der Waals surface area contributed by atoms with Crippen molar-refractivity contribution in [1.82, 2.24) is 9.55 Å². The summed E-state index contributed by atoms with van der Waals surface area (Å²) in [5.41, 5.74) is 2.09. The van der Waals surface area contributed by atoms with Crippen LogP contribution in [-0.2, 0) is 7.05 Å². The third-order valence-electron chi connectivity index (χ3n) is 1.72. The summed E-state index contributed by atoms with van der Waals surface area (Å²) < 4.78 is 2.02. The SMILES string of the molecule is Cn1cc(S)c2ncccc21. The van der Waals surface area contributed by atoms with Gasteiger partial charge in [0.05, 0.1) is 5.52 Å². The van der Waals surface area contributed by atoms with Gasteiger partial charge < -0.3 is 4.57 Å². The Bertz CT molecular complexity index is 356. The Morgan fingerprint density at radius 3 is 3.09 bits per heavy atom. The van der Waals surface area contributed by atoms with E-state index in [1.165, 1.54) is 0 Å². The summed E-state index contributed by atoms with van der Waals surface area (Å²) in [6, 6.07) is 3.96. The zero-order valence-corrected chi connectivity index (χ0v) is 7.05. The zero-order chi connectivity index (χ0) is 7.84. The fraction of sp³-hybridized carbons (Fsp3) is 0.125. The average Bonchev–Trinajstić information content (AvgIpc) is 2.30. The third kappa shape index (κ3) is 0.922. The van der Waals surface area contributed by atoms with Gasteiger partial charge in [-0.05, 0) is 12.1 Å². The number of hydrogen-bond donors (Lipinski definition) is 1. The highest BCUT2D eigenvalue weighted by atomic mass is 32.1. The van der Waals surface area contributed by atoms with Crippen molar-refractivity contribution in [2.24, 2.45) is 7.05 Å². The standard InChI is InChI=1S/C8H8N2S/c1-10-5-7(11)8-6(10)3-2-4-9-8/h2-5,11H,1H3. The van der Waals surface area contributed by atoms with E-state index in [9.17, 15) is 0 Å². The van der Waals surface area contributed by atoms with Crippen LogP contribution < -0.4 is 0 Å². The summed E-state index contributed by atoms with van der Waals surface area (Å²) in [6.07, 6.45) is 3.74. The molecule has 11 heavy (non-hydrogen) atoms. The van der Waals surface area contributed by atoms with Crippen LogP contribution in [0.25, 0.3) is 11.0 Å². The van der Waals surface area contributed by atoms with E-state index in [-0.39, 0.29) is 0 Å². The minimum Gasteiger partial charge on any atom is -0.348 e. The molecule has 2 aromatic heterocycles. The van der Waals surface area contributed by atoms with Gasteiger partial charge in [0.2, 0.25) is 0 Å². The molecule has 2 aromatic rings. The summed E-state index contributed by atoms with van der Waals surface area (Å²) in [5, 5.41) is 0. The Morgan fingerprint density at radius 2 is 2.36 bits per heavy atom. The molecular formula is C8H8N2S. The van der Waals surface area contributed by atoms with E-state index in [1.54, 1.807) is 6.20 Å². The van der Waals surface area contributed by atoms with Gasteiger partial charge in [-0.15, -0.1) is 12.6 Å². The summed E-state index contributed by atoms with van der Waals surface area (Å²) >= 11 is 4.29. The number of rotatable bonds is 0. The molecule has 0 amide bonds. The molecule has 56 valence electrons. The Kier molecular flexibility index (Phi) is 1.39. The van der Waals surface area contributed by atoms with Crippen molar-refractivity contribution < 1.29 is 0 Å². The first-order chi connectivity index (χ1) is 5.29. The molecule has 0 unspecified atom stereocenters. The topological polar surface area (TPSA) is 17.8 Å². The molecule has 0 aliphatic rings. The van der Waals surface area contributed by atoms with Gasteiger partial charge in [-0.2, -0.15) is 0 Å². The Labute approximate surface area is 70.3 Å². The van der Waals surface area contributed by atoms with Crippen LogP contribution in [0.5, 0.6) is 0 Å². The van der Waals surface area contributed by atoms with Crippen LogP contribution in [0.1, 0.15) is 0 Å².